The summed E-state index contributed by atoms with van der Waals surface area (Å²) in [5.74, 6) is -0.0466. The summed E-state index contributed by atoms with van der Waals surface area (Å²) < 4.78 is 10.2. The van der Waals surface area contributed by atoms with Crippen molar-refractivity contribution in [1.29, 1.82) is 0 Å². The lowest BCUT2D eigenvalue weighted by Gasteiger charge is -2.08. The van der Waals surface area contributed by atoms with Gasteiger partial charge in [0.1, 0.15) is 11.2 Å². The number of thiophene rings is 1. The number of carbonyl (C=O) groups excluding carboxylic acids is 1. The Bertz CT molecular complexity index is 829. The number of nitrogens with zero attached hydrogens (tertiary/aromatic N) is 3. The van der Waals surface area contributed by atoms with Gasteiger partial charge in [-0.3, -0.25) is 0 Å². The van der Waals surface area contributed by atoms with E-state index in [9.17, 15) is 4.79 Å². The summed E-state index contributed by atoms with van der Waals surface area (Å²) in [5.41, 5.74) is 1.06. The van der Waals surface area contributed by atoms with E-state index in [-0.39, 0.29) is 12.4 Å². The molecule has 0 aromatic carbocycles. The highest BCUT2D eigenvalue weighted by Crippen LogP contribution is 2.25. The molecule has 0 atom stereocenters. The maximum absolute atomic E-state index is 11.9. The fraction of sp³-hybridized carbons (Fsp3) is 0.375. The molecule has 0 amide bonds. The molecule has 0 aliphatic rings. The van der Waals surface area contributed by atoms with Gasteiger partial charge in [0.25, 0.3) is 5.71 Å². The van der Waals surface area contributed by atoms with E-state index < -0.39 is 5.97 Å². The van der Waals surface area contributed by atoms with Gasteiger partial charge < -0.3 is 14.6 Å². The van der Waals surface area contributed by atoms with Crippen LogP contribution in [0.2, 0.25) is 0 Å². The van der Waals surface area contributed by atoms with Gasteiger partial charge in [-0.2, -0.15) is 4.98 Å². The molecular weight excluding hydrogens is 328 g/mol. The minimum Gasteiger partial charge on any atom is -0.460 e. The van der Waals surface area contributed by atoms with Crippen molar-refractivity contribution in [2.24, 2.45) is 0 Å². The van der Waals surface area contributed by atoms with Crippen LogP contribution in [0.25, 0.3) is 11.1 Å². The van der Waals surface area contributed by atoms with Gasteiger partial charge in [-0.1, -0.05) is 18.1 Å². The molecule has 0 saturated heterocycles. The number of hydrogen-bond acceptors (Lipinski definition) is 8. The van der Waals surface area contributed by atoms with Crippen LogP contribution in [0.5, 0.6) is 0 Å². The third-order valence-electron chi connectivity index (χ3n) is 3.44. The van der Waals surface area contributed by atoms with Crippen LogP contribution in [0.4, 0.5) is 5.82 Å². The number of aromatic nitrogens is 3. The molecule has 3 heterocycles. The van der Waals surface area contributed by atoms with Crippen LogP contribution in [-0.4, -0.2) is 34.2 Å². The SMILES string of the molecule is CCOC(=O)c1nc(NCCc2cccs2)c2c(CC)noc2n1. The zero-order valence-corrected chi connectivity index (χ0v) is 14.4. The predicted molar refractivity (Wildman–Crippen MR) is 91.4 cm³/mol. The lowest BCUT2D eigenvalue weighted by Crippen LogP contribution is -2.13. The van der Waals surface area contributed by atoms with Crippen molar-refractivity contribution < 1.29 is 14.1 Å². The molecule has 8 heteroatoms. The van der Waals surface area contributed by atoms with E-state index in [1.54, 1.807) is 18.3 Å². The number of esters is 1. The maximum atomic E-state index is 11.9. The molecule has 0 fully saturated rings. The Balaban J connectivity index is 1.89. The molecule has 0 spiro atoms. The van der Waals surface area contributed by atoms with Gasteiger partial charge in [0.05, 0.1) is 12.3 Å². The highest BCUT2D eigenvalue weighted by Gasteiger charge is 2.20. The van der Waals surface area contributed by atoms with Crippen molar-refractivity contribution in [3.63, 3.8) is 0 Å². The number of rotatable bonds is 7. The fourth-order valence-electron chi connectivity index (χ4n) is 2.33. The average Bonchev–Trinajstić information content (AvgIpc) is 3.24. The van der Waals surface area contributed by atoms with Gasteiger partial charge in [-0.05, 0) is 31.2 Å². The summed E-state index contributed by atoms with van der Waals surface area (Å²) in [4.78, 5) is 21.7. The molecule has 126 valence electrons. The second-order valence-electron chi connectivity index (χ2n) is 5.04. The van der Waals surface area contributed by atoms with Crippen LogP contribution < -0.4 is 5.32 Å². The molecule has 0 radical (unpaired) electrons. The van der Waals surface area contributed by atoms with E-state index in [0.717, 1.165) is 17.5 Å². The molecule has 0 unspecified atom stereocenters. The summed E-state index contributed by atoms with van der Waals surface area (Å²) in [6.45, 7) is 4.66. The zero-order chi connectivity index (χ0) is 16.9. The van der Waals surface area contributed by atoms with Crippen molar-refractivity contribution in [2.75, 3.05) is 18.5 Å². The standard InChI is InChI=1S/C16H18N4O3S/c1-3-11-12-13(17-8-7-10-6-5-9-24-10)18-14(16(21)22-4-2)19-15(12)23-20-11/h5-6,9H,3-4,7-8H2,1-2H3,(H,17,18,19). The van der Waals surface area contributed by atoms with Crippen molar-refractivity contribution in [3.05, 3.63) is 33.9 Å². The van der Waals surface area contributed by atoms with Crippen molar-refractivity contribution in [1.82, 2.24) is 15.1 Å². The molecule has 1 N–H and O–H groups in total. The Morgan fingerprint density at radius 3 is 2.96 bits per heavy atom. The first-order valence-electron chi connectivity index (χ1n) is 7.82. The van der Waals surface area contributed by atoms with Crippen LogP contribution in [0, 0.1) is 0 Å². The number of hydrogen-bond donors (Lipinski definition) is 1. The van der Waals surface area contributed by atoms with E-state index in [4.69, 9.17) is 9.26 Å². The van der Waals surface area contributed by atoms with E-state index in [0.29, 0.717) is 24.5 Å². The molecule has 0 aliphatic carbocycles. The van der Waals surface area contributed by atoms with E-state index in [2.05, 4.69) is 26.5 Å². The quantitative estimate of drug-likeness (QED) is 0.657. The minimum absolute atomic E-state index is 0.0261. The molecule has 0 aliphatic heterocycles. The van der Waals surface area contributed by atoms with Crippen molar-refractivity contribution in [2.45, 2.75) is 26.7 Å². The zero-order valence-electron chi connectivity index (χ0n) is 13.5. The number of ether oxygens (including phenoxy) is 1. The molecule has 0 bridgehead atoms. The Kier molecular flexibility index (Phi) is 5.05. The Morgan fingerprint density at radius 1 is 1.38 bits per heavy atom. The first kappa shape index (κ1) is 16.4. The topological polar surface area (TPSA) is 90.1 Å². The van der Waals surface area contributed by atoms with Crippen molar-refractivity contribution >= 4 is 34.2 Å². The van der Waals surface area contributed by atoms with Gasteiger partial charge in [-0.15, -0.1) is 11.3 Å². The fourth-order valence-corrected chi connectivity index (χ4v) is 3.03. The first-order chi connectivity index (χ1) is 11.7. The van der Waals surface area contributed by atoms with Gasteiger partial charge in [0, 0.05) is 11.4 Å². The summed E-state index contributed by atoms with van der Waals surface area (Å²) in [6.07, 6.45) is 1.55. The highest BCUT2D eigenvalue weighted by molar-refractivity contribution is 7.09. The van der Waals surface area contributed by atoms with Gasteiger partial charge >= 0.3 is 5.97 Å². The predicted octanol–water partition coefficient (Wildman–Crippen LogP) is 3.07. The third kappa shape index (κ3) is 3.38. The number of aryl methyl sites for hydroxylation is 1. The minimum atomic E-state index is -0.574. The van der Waals surface area contributed by atoms with Crippen LogP contribution in [0.1, 0.15) is 35.0 Å². The summed E-state index contributed by atoms with van der Waals surface area (Å²) >= 11 is 1.71. The second-order valence-corrected chi connectivity index (χ2v) is 6.07. The summed E-state index contributed by atoms with van der Waals surface area (Å²) in [5, 5.41) is 10.1. The smallest absolute Gasteiger partial charge is 0.376 e. The largest absolute Gasteiger partial charge is 0.460 e. The van der Waals surface area contributed by atoms with Gasteiger partial charge in [0.2, 0.25) is 5.82 Å². The normalized spacial score (nSPS) is 10.9. The summed E-state index contributed by atoms with van der Waals surface area (Å²) in [6, 6.07) is 4.11. The molecule has 3 aromatic rings. The molecule has 3 aromatic heterocycles. The monoisotopic (exact) mass is 346 g/mol. The molecule has 7 nitrogen and oxygen atoms in total. The Labute approximate surface area is 143 Å². The second kappa shape index (κ2) is 7.39. The lowest BCUT2D eigenvalue weighted by atomic mass is 10.2. The third-order valence-corrected chi connectivity index (χ3v) is 4.38. The number of anilines is 1. The first-order valence-corrected chi connectivity index (χ1v) is 8.70. The number of fused-ring (bicyclic) bond motifs is 1. The molecular formula is C16H18N4O3S. The number of nitrogens with one attached hydrogen (secondary N) is 1. The highest BCUT2D eigenvalue weighted by atomic mass is 32.1. The van der Waals surface area contributed by atoms with E-state index in [1.807, 2.05) is 18.4 Å². The van der Waals surface area contributed by atoms with Crippen LogP contribution >= 0.6 is 11.3 Å². The number of carbonyl (C=O) groups is 1. The van der Waals surface area contributed by atoms with Crippen molar-refractivity contribution in [3.8, 4) is 0 Å². The maximum Gasteiger partial charge on any atom is 0.376 e. The molecule has 24 heavy (non-hydrogen) atoms. The Morgan fingerprint density at radius 2 is 2.25 bits per heavy atom. The van der Waals surface area contributed by atoms with Crippen LogP contribution in [0.3, 0.4) is 0 Å². The lowest BCUT2D eigenvalue weighted by molar-refractivity contribution is 0.0512. The van der Waals surface area contributed by atoms with Crippen LogP contribution in [-0.2, 0) is 17.6 Å². The average molecular weight is 346 g/mol. The van der Waals surface area contributed by atoms with Crippen LogP contribution in [0.15, 0.2) is 22.0 Å². The molecule has 3 rings (SSSR count). The summed E-state index contributed by atoms with van der Waals surface area (Å²) in [7, 11) is 0. The van der Waals surface area contributed by atoms with Gasteiger partial charge in [0.15, 0.2) is 0 Å². The van der Waals surface area contributed by atoms with Gasteiger partial charge in [-0.25, -0.2) is 9.78 Å². The molecule has 0 saturated carbocycles. The van der Waals surface area contributed by atoms with E-state index in [1.165, 1.54) is 4.88 Å². The van der Waals surface area contributed by atoms with E-state index >= 15 is 0 Å². The Hall–Kier alpha value is -2.48.